The minimum atomic E-state index is -0.392. The van der Waals surface area contributed by atoms with Gasteiger partial charge in [-0.1, -0.05) is 41.1 Å². The maximum absolute atomic E-state index is 12.1. The number of benzene rings is 2. The van der Waals surface area contributed by atoms with E-state index in [0.717, 1.165) is 22.3 Å². The summed E-state index contributed by atoms with van der Waals surface area (Å²) in [7, 11) is 1.34. The molecule has 0 bridgehead atoms. The molecule has 0 fully saturated rings. The first-order valence-electron chi connectivity index (χ1n) is 8.93. The third kappa shape index (κ3) is 5.68. The van der Waals surface area contributed by atoms with Gasteiger partial charge in [-0.2, -0.15) is 0 Å². The van der Waals surface area contributed by atoms with E-state index in [4.69, 9.17) is 4.42 Å². The van der Waals surface area contributed by atoms with E-state index in [9.17, 15) is 9.59 Å². The lowest BCUT2D eigenvalue weighted by Gasteiger charge is -2.05. The summed E-state index contributed by atoms with van der Waals surface area (Å²) >= 11 is 1.18. The summed E-state index contributed by atoms with van der Waals surface area (Å²) in [4.78, 5) is 23.5. The Morgan fingerprint density at radius 3 is 2.41 bits per heavy atom. The maximum Gasteiger partial charge on any atom is 0.337 e. The van der Waals surface area contributed by atoms with E-state index in [-0.39, 0.29) is 11.7 Å². The molecule has 0 spiro atoms. The molecule has 0 aliphatic rings. The van der Waals surface area contributed by atoms with Gasteiger partial charge >= 0.3 is 5.97 Å². The van der Waals surface area contributed by atoms with Crippen molar-refractivity contribution in [1.82, 2.24) is 15.5 Å². The predicted octanol–water partition coefficient (Wildman–Crippen LogP) is 3.55. The van der Waals surface area contributed by atoms with Crippen molar-refractivity contribution >= 4 is 23.6 Å². The summed E-state index contributed by atoms with van der Waals surface area (Å²) in [5.74, 6) is 0.0506. The number of nitrogens with zero attached hydrogens (tertiary/aromatic N) is 2. The Bertz CT molecular complexity index is 995. The maximum atomic E-state index is 12.1. The van der Waals surface area contributed by atoms with E-state index in [1.54, 1.807) is 24.3 Å². The molecule has 0 saturated heterocycles. The molecule has 8 heteroatoms. The molecule has 1 aromatic heterocycles. The number of carbonyl (C=O) groups excluding carboxylic acids is 2. The number of aromatic nitrogens is 2. The minimum absolute atomic E-state index is 0.154. The highest BCUT2D eigenvalue weighted by Crippen LogP contribution is 2.24. The number of hydrogen-bond donors (Lipinski definition) is 1. The van der Waals surface area contributed by atoms with Gasteiger partial charge in [0.25, 0.3) is 5.22 Å². The number of rotatable bonds is 7. The third-order valence-corrected chi connectivity index (χ3v) is 4.89. The highest BCUT2D eigenvalue weighted by molar-refractivity contribution is 7.99. The Labute approximate surface area is 172 Å². The van der Waals surface area contributed by atoms with Crippen LogP contribution >= 0.6 is 11.8 Å². The first kappa shape index (κ1) is 20.6. The van der Waals surface area contributed by atoms with Crippen LogP contribution in [0.1, 0.15) is 27.0 Å². The Hall–Kier alpha value is -3.13. The normalized spacial score (nSPS) is 10.6. The highest BCUT2D eigenvalue weighted by atomic mass is 32.2. The molecule has 0 unspecified atom stereocenters. The molecule has 150 valence electrons. The van der Waals surface area contributed by atoms with Crippen LogP contribution in [0.2, 0.25) is 0 Å². The van der Waals surface area contributed by atoms with E-state index in [1.807, 2.05) is 26.0 Å². The van der Waals surface area contributed by atoms with E-state index in [1.165, 1.54) is 18.9 Å². The third-order valence-electron chi connectivity index (χ3n) is 4.07. The number of thioether (sulfide) groups is 1. The van der Waals surface area contributed by atoms with Gasteiger partial charge in [0, 0.05) is 12.1 Å². The van der Waals surface area contributed by atoms with Crippen molar-refractivity contribution in [3.63, 3.8) is 0 Å². The van der Waals surface area contributed by atoms with Crippen LogP contribution in [-0.4, -0.2) is 34.9 Å². The Morgan fingerprint density at radius 2 is 1.76 bits per heavy atom. The van der Waals surface area contributed by atoms with Gasteiger partial charge in [0.2, 0.25) is 11.8 Å². The molecule has 1 heterocycles. The van der Waals surface area contributed by atoms with Gasteiger partial charge in [-0.15, -0.1) is 10.2 Å². The van der Waals surface area contributed by atoms with Gasteiger partial charge in [-0.05, 0) is 43.7 Å². The quantitative estimate of drug-likeness (QED) is 0.469. The molecule has 0 aliphatic carbocycles. The lowest BCUT2D eigenvalue weighted by Crippen LogP contribution is -2.24. The predicted molar refractivity (Wildman–Crippen MR) is 110 cm³/mol. The van der Waals surface area contributed by atoms with Crippen LogP contribution in [0.5, 0.6) is 0 Å². The van der Waals surface area contributed by atoms with Gasteiger partial charge in [0.15, 0.2) is 0 Å². The Morgan fingerprint density at radius 1 is 1.07 bits per heavy atom. The lowest BCUT2D eigenvalue weighted by molar-refractivity contribution is -0.118. The standard InChI is InChI=1S/C21H21N3O4S/c1-13-8-14(2)10-17(9-13)19-23-24-21(28-19)29-12-18(25)22-11-15-4-6-16(7-5-15)20(26)27-3/h4-10H,11-12H2,1-3H3,(H,22,25). The Balaban J connectivity index is 1.50. The van der Waals surface area contributed by atoms with Crippen molar-refractivity contribution in [3.8, 4) is 11.5 Å². The summed E-state index contributed by atoms with van der Waals surface area (Å²) in [6.07, 6.45) is 0. The number of methoxy groups -OCH3 is 1. The zero-order chi connectivity index (χ0) is 20.8. The molecular formula is C21H21N3O4S. The number of ether oxygens (including phenoxy) is 1. The van der Waals surface area contributed by atoms with Crippen LogP contribution in [0.4, 0.5) is 0 Å². The van der Waals surface area contributed by atoms with Crippen molar-refractivity contribution in [2.75, 3.05) is 12.9 Å². The summed E-state index contributed by atoms with van der Waals surface area (Å²) in [6.45, 7) is 4.38. The number of amides is 1. The fourth-order valence-electron chi connectivity index (χ4n) is 2.74. The summed E-state index contributed by atoms with van der Waals surface area (Å²) in [6, 6.07) is 12.9. The number of esters is 1. The van der Waals surface area contributed by atoms with E-state index in [2.05, 4.69) is 26.3 Å². The van der Waals surface area contributed by atoms with E-state index < -0.39 is 5.97 Å². The molecule has 0 radical (unpaired) electrons. The van der Waals surface area contributed by atoms with Crippen molar-refractivity contribution in [2.24, 2.45) is 0 Å². The van der Waals surface area contributed by atoms with Crippen LogP contribution in [-0.2, 0) is 16.1 Å². The topological polar surface area (TPSA) is 94.3 Å². The monoisotopic (exact) mass is 411 g/mol. The number of aryl methyl sites for hydroxylation is 2. The summed E-state index contributed by atoms with van der Waals surface area (Å²) in [5, 5.41) is 11.2. The van der Waals surface area contributed by atoms with Crippen LogP contribution < -0.4 is 5.32 Å². The average Bonchev–Trinajstić information content (AvgIpc) is 3.19. The fraction of sp³-hybridized carbons (Fsp3) is 0.238. The van der Waals surface area contributed by atoms with Gasteiger partial charge < -0.3 is 14.5 Å². The smallest absolute Gasteiger partial charge is 0.337 e. The van der Waals surface area contributed by atoms with E-state index >= 15 is 0 Å². The molecule has 29 heavy (non-hydrogen) atoms. The molecule has 0 saturated carbocycles. The summed E-state index contributed by atoms with van der Waals surface area (Å²) in [5.41, 5.74) is 4.44. The van der Waals surface area contributed by atoms with Gasteiger partial charge in [-0.25, -0.2) is 4.79 Å². The zero-order valence-corrected chi connectivity index (χ0v) is 17.2. The van der Waals surface area contributed by atoms with Crippen molar-refractivity contribution in [2.45, 2.75) is 25.6 Å². The lowest BCUT2D eigenvalue weighted by atomic mass is 10.1. The molecule has 1 N–H and O–H groups in total. The van der Waals surface area contributed by atoms with Crippen molar-refractivity contribution in [1.29, 1.82) is 0 Å². The molecule has 1 amide bonds. The minimum Gasteiger partial charge on any atom is -0.465 e. The summed E-state index contributed by atoms with van der Waals surface area (Å²) < 4.78 is 10.3. The van der Waals surface area contributed by atoms with Crippen molar-refractivity contribution in [3.05, 3.63) is 64.7 Å². The fourth-order valence-corrected chi connectivity index (χ4v) is 3.33. The molecule has 2 aromatic carbocycles. The van der Waals surface area contributed by atoms with Crippen LogP contribution in [0.3, 0.4) is 0 Å². The van der Waals surface area contributed by atoms with Gasteiger partial charge in [0.1, 0.15) is 0 Å². The second-order valence-electron chi connectivity index (χ2n) is 6.50. The largest absolute Gasteiger partial charge is 0.465 e. The Kier molecular flexibility index (Phi) is 6.66. The number of carbonyl (C=O) groups is 2. The first-order chi connectivity index (χ1) is 13.9. The number of nitrogens with one attached hydrogen (secondary N) is 1. The molecular weight excluding hydrogens is 390 g/mol. The van der Waals surface area contributed by atoms with Crippen molar-refractivity contribution < 1.29 is 18.7 Å². The van der Waals surface area contributed by atoms with Crippen LogP contribution in [0.15, 0.2) is 52.1 Å². The highest BCUT2D eigenvalue weighted by Gasteiger charge is 2.12. The molecule has 7 nitrogen and oxygen atoms in total. The second-order valence-corrected chi connectivity index (χ2v) is 7.43. The first-order valence-corrected chi connectivity index (χ1v) is 9.92. The molecule has 3 aromatic rings. The zero-order valence-electron chi connectivity index (χ0n) is 16.4. The van der Waals surface area contributed by atoms with E-state index in [0.29, 0.717) is 23.2 Å². The van der Waals surface area contributed by atoms with Gasteiger partial charge in [-0.3, -0.25) is 4.79 Å². The number of hydrogen-bond acceptors (Lipinski definition) is 7. The van der Waals surface area contributed by atoms with Crippen LogP contribution in [0.25, 0.3) is 11.5 Å². The van der Waals surface area contributed by atoms with Gasteiger partial charge in [0.05, 0.1) is 18.4 Å². The molecule has 0 atom stereocenters. The molecule has 3 rings (SSSR count). The molecule has 0 aliphatic heterocycles. The average molecular weight is 411 g/mol. The van der Waals surface area contributed by atoms with Crippen LogP contribution in [0, 0.1) is 13.8 Å². The SMILES string of the molecule is COC(=O)c1ccc(CNC(=O)CSc2nnc(-c3cc(C)cc(C)c3)o2)cc1. The second kappa shape index (κ2) is 9.38.